The van der Waals surface area contributed by atoms with Gasteiger partial charge in [-0.25, -0.2) is 0 Å². The van der Waals surface area contributed by atoms with E-state index in [1.807, 2.05) is 0 Å². The topological polar surface area (TPSA) is 3.24 Å². The zero-order valence-electron chi connectivity index (χ0n) is 8.76. The summed E-state index contributed by atoms with van der Waals surface area (Å²) in [7, 11) is 0. The molecule has 14 heavy (non-hydrogen) atoms. The van der Waals surface area contributed by atoms with Crippen LogP contribution in [0.25, 0.3) is 0 Å². The number of hydrogen-bond acceptors (Lipinski definition) is 1. The molecule has 2 heteroatoms. The van der Waals surface area contributed by atoms with E-state index in [4.69, 9.17) is 0 Å². The second-order valence-corrected chi connectivity index (χ2v) is 4.98. The normalized spacial score (nSPS) is 15.9. The van der Waals surface area contributed by atoms with Crippen LogP contribution in [0.2, 0.25) is 0 Å². The summed E-state index contributed by atoms with van der Waals surface area (Å²) in [5.74, 6) is 0. The highest BCUT2D eigenvalue weighted by Crippen LogP contribution is 2.33. The molecule has 0 bridgehead atoms. The highest BCUT2D eigenvalue weighted by molar-refractivity contribution is 9.10. The summed E-state index contributed by atoms with van der Waals surface area (Å²) < 4.78 is 1.26. The number of benzene rings is 1. The van der Waals surface area contributed by atoms with Crippen molar-refractivity contribution in [3.63, 3.8) is 0 Å². The van der Waals surface area contributed by atoms with Gasteiger partial charge in [0, 0.05) is 22.7 Å². The fraction of sp³-hybridized carbons (Fsp3) is 0.500. The van der Waals surface area contributed by atoms with Crippen molar-refractivity contribution in [2.45, 2.75) is 32.7 Å². The van der Waals surface area contributed by atoms with Gasteiger partial charge in [-0.2, -0.15) is 0 Å². The van der Waals surface area contributed by atoms with Crippen molar-refractivity contribution in [2.75, 3.05) is 11.4 Å². The Morgan fingerprint density at radius 2 is 2.14 bits per heavy atom. The van der Waals surface area contributed by atoms with Crippen molar-refractivity contribution in [1.82, 2.24) is 0 Å². The van der Waals surface area contributed by atoms with Crippen molar-refractivity contribution < 1.29 is 0 Å². The van der Waals surface area contributed by atoms with Crippen LogP contribution in [0.4, 0.5) is 5.69 Å². The number of nitrogens with zero attached hydrogens (tertiary/aromatic N) is 1. The molecule has 0 aliphatic carbocycles. The molecule has 0 fully saturated rings. The van der Waals surface area contributed by atoms with E-state index in [-0.39, 0.29) is 0 Å². The fourth-order valence-electron chi connectivity index (χ4n) is 2.15. The first-order chi connectivity index (χ1) is 6.70. The maximum absolute atomic E-state index is 3.63. The molecule has 76 valence electrons. The van der Waals surface area contributed by atoms with E-state index in [1.165, 1.54) is 35.1 Å². The lowest BCUT2D eigenvalue weighted by Crippen LogP contribution is -2.35. The smallest absolute Gasteiger partial charge is 0.0412 e. The van der Waals surface area contributed by atoms with Crippen LogP contribution in [0, 0.1) is 0 Å². The van der Waals surface area contributed by atoms with Crippen LogP contribution in [-0.2, 0) is 6.42 Å². The average Bonchev–Trinajstić information content (AvgIpc) is 2.17. The molecule has 0 saturated carbocycles. The molecule has 0 unspecified atom stereocenters. The van der Waals surface area contributed by atoms with Gasteiger partial charge in [0.05, 0.1) is 0 Å². The molecule has 0 radical (unpaired) electrons. The highest BCUT2D eigenvalue weighted by Gasteiger charge is 2.19. The molecule has 0 spiro atoms. The van der Waals surface area contributed by atoms with Gasteiger partial charge >= 0.3 is 0 Å². The Morgan fingerprint density at radius 1 is 1.36 bits per heavy atom. The van der Waals surface area contributed by atoms with Gasteiger partial charge in [0.1, 0.15) is 0 Å². The van der Waals surface area contributed by atoms with Crippen molar-refractivity contribution in [1.29, 1.82) is 0 Å². The summed E-state index contributed by atoms with van der Waals surface area (Å²) in [4.78, 5) is 2.49. The largest absolute Gasteiger partial charge is 0.369 e. The summed E-state index contributed by atoms with van der Waals surface area (Å²) in [5.41, 5.74) is 2.90. The molecule has 0 atom stereocenters. The van der Waals surface area contributed by atoms with Gasteiger partial charge in [0.15, 0.2) is 0 Å². The fourth-order valence-corrected chi connectivity index (χ4v) is 2.70. The second kappa shape index (κ2) is 3.93. The summed E-state index contributed by atoms with van der Waals surface area (Å²) >= 11 is 3.63. The molecular weight excluding hydrogens is 238 g/mol. The lowest BCUT2D eigenvalue weighted by atomic mass is 10.0. The van der Waals surface area contributed by atoms with Crippen LogP contribution in [0.15, 0.2) is 22.7 Å². The third kappa shape index (κ3) is 1.68. The lowest BCUT2D eigenvalue weighted by Gasteiger charge is -2.35. The van der Waals surface area contributed by atoms with E-state index in [1.54, 1.807) is 0 Å². The van der Waals surface area contributed by atoms with Crippen LogP contribution in [0.1, 0.15) is 25.8 Å². The Labute approximate surface area is 94.2 Å². The molecule has 0 amide bonds. The molecule has 1 aromatic carbocycles. The molecular formula is C12H16BrN. The van der Waals surface area contributed by atoms with Crippen molar-refractivity contribution >= 4 is 21.6 Å². The van der Waals surface area contributed by atoms with Crippen molar-refractivity contribution in [2.24, 2.45) is 0 Å². The van der Waals surface area contributed by atoms with E-state index in [2.05, 4.69) is 52.9 Å². The Morgan fingerprint density at radius 3 is 2.86 bits per heavy atom. The molecule has 0 aromatic heterocycles. The molecule has 1 nitrogen and oxygen atoms in total. The molecule has 1 aliphatic rings. The Bertz CT molecular complexity index is 333. The SMILES string of the molecule is CC(C)N1CCCc2c(Br)cccc21. The molecule has 1 aliphatic heterocycles. The molecule has 0 N–H and O–H groups in total. The number of anilines is 1. The minimum absolute atomic E-state index is 0.600. The highest BCUT2D eigenvalue weighted by atomic mass is 79.9. The van der Waals surface area contributed by atoms with Gasteiger partial charge in [0.2, 0.25) is 0 Å². The van der Waals surface area contributed by atoms with Gasteiger partial charge in [-0.05, 0) is 44.4 Å². The van der Waals surface area contributed by atoms with Crippen molar-refractivity contribution in [3.05, 3.63) is 28.2 Å². The Kier molecular flexibility index (Phi) is 2.82. The standard InChI is InChI=1S/C12H16BrN/c1-9(2)14-8-4-5-10-11(13)6-3-7-12(10)14/h3,6-7,9H,4-5,8H2,1-2H3. The third-order valence-electron chi connectivity index (χ3n) is 2.85. The quantitative estimate of drug-likeness (QED) is 0.740. The van der Waals surface area contributed by atoms with Crippen LogP contribution in [-0.4, -0.2) is 12.6 Å². The number of hydrogen-bond donors (Lipinski definition) is 0. The van der Waals surface area contributed by atoms with E-state index in [9.17, 15) is 0 Å². The third-order valence-corrected chi connectivity index (χ3v) is 3.60. The Balaban J connectivity index is 2.44. The van der Waals surface area contributed by atoms with Gasteiger partial charge in [-0.15, -0.1) is 0 Å². The summed E-state index contributed by atoms with van der Waals surface area (Å²) in [6.07, 6.45) is 2.48. The van der Waals surface area contributed by atoms with E-state index >= 15 is 0 Å². The first-order valence-electron chi connectivity index (χ1n) is 5.24. The minimum Gasteiger partial charge on any atom is -0.369 e. The maximum atomic E-state index is 3.63. The lowest BCUT2D eigenvalue weighted by molar-refractivity contribution is 0.624. The first kappa shape index (κ1) is 10.0. The summed E-state index contributed by atoms with van der Waals surface area (Å²) in [6, 6.07) is 7.11. The molecule has 0 saturated heterocycles. The molecule has 2 rings (SSSR count). The van der Waals surface area contributed by atoms with Crippen LogP contribution >= 0.6 is 15.9 Å². The monoisotopic (exact) mass is 253 g/mol. The predicted molar refractivity (Wildman–Crippen MR) is 64.9 cm³/mol. The average molecular weight is 254 g/mol. The zero-order valence-corrected chi connectivity index (χ0v) is 10.3. The van der Waals surface area contributed by atoms with Crippen molar-refractivity contribution in [3.8, 4) is 0 Å². The second-order valence-electron chi connectivity index (χ2n) is 4.13. The number of fused-ring (bicyclic) bond motifs is 1. The maximum Gasteiger partial charge on any atom is 0.0412 e. The van der Waals surface area contributed by atoms with Gasteiger partial charge < -0.3 is 4.90 Å². The number of halogens is 1. The van der Waals surface area contributed by atoms with Gasteiger partial charge in [-0.3, -0.25) is 0 Å². The predicted octanol–water partition coefficient (Wildman–Crippen LogP) is 3.61. The molecule has 1 heterocycles. The van der Waals surface area contributed by atoms with E-state index in [0.29, 0.717) is 6.04 Å². The molecule has 1 aromatic rings. The van der Waals surface area contributed by atoms with Gasteiger partial charge in [-0.1, -0.05) is 22.0 Å². The first-order valence-corrected chi connectivity index (χ1v) is 6.03. The van der Waals surface area contributed by atoms with Crippen LogP contribution < -0.4 is 4.90 Å². The van der Waals surface area contributed by atoms with E-state index in [0.717, 1.165) is 0 Å². The van der Waals surface area contributed by atoms with E-state index < -0.39 is 0 Å². The number of rotatable bonds is 1. The Hall–Kier alpha value is -0.500. The zero-order chi connectivity index (χ0) is 10.1. The van der Waals surface area contributed by atoms with Gasteiger partial charge in [0.25, 0.3) is 0 Å². The minimum atomic E-state index is 0.600. The van der Waals surface area contributed by atoms with Crippen LogP contribution in [0.3, 0.4) is 0 Å². The summed E-state index contributed by atoms with van der Waals surface area (Å²) in [5, 5.41) is 0. The summed E-state index contributed by atoms with van der Waals surface area (Å²) in [6.45, 7) is 5.72. The van der Waals surface area contributed by atoms with Crippen LogP contribution in [0.5, 0.6) is 0 Å².